The van der Waals surface area contributed by atoms with E-state index in [1.165, 1.54) is 6.92 Å². The molecule has 0 saturated heterocycles. The highest BCUT2D eigenvalue weighted by Gasteiger charge is 2.17. The van der Waals surface area contributed by atoms with Gasteiger partial charge in [0.25, 0.3) is 10.1 Å². The molecular weight excluding hydrogens is 356 g/mol. The zero-order chi connectivity index (χ0) is 19.2. The maximum Gasteiger partial charge on any atom is 0.264 e. The van der Waals surface area contributed by atoms with Crippen molar-refractivity contribution in [1.29, 1.82) is 0 Å². The third kappa shape index (κ3) is 5.98. The van der Waals surface area contributed by atoms with Crippen LogP contribution >= 0.6 is 0 Å². The van der Waals surface area contributed by atoms with Crippen LogP contribution in [0.4, 0.5) is 11.4 Å². The molecule has 2 aromatic carbocycles. The molecule has 0 aliphatic rings. The number of hydrogen-bond donors (Lipinski definition) is 2. The van der Waals surface area contributed by atoms with Crippen molar-refractivity contribution >= 4 is 33.8 Å². The molecule has 0 aliphatic carbocycles. The summed E-state index contributed by atoms with van der Waals surface area (Å²) in [4.78, 5) is 21.6. The molecule has 2 amide bonds. The summed E-state index contributed by atoms with van der Waals surface area (Å²) in [5.41, 5.74) is 2.94. The summed E-state index contributed by atoms with van der Waals surface area (Å²) in [5.74, 6) is -0.505. The zero-order valence-electron chi connectivity index (χ0n) is 14.4. The fourth-order valence-corrected chi connectivity index (χ4v) is 2.84. The Bertz CT molecular complexity index is 861. The van der Waals surface area contributed by atoms with E-state index < -0.39 is 10.1 Å². The van der Waals surface area contributed by atoms with E-state index in [-0.39, 0.29) is 18.4 Å². The van der Waals surface area contributed by atoms with Gasteiger partial charge in [0.2, 0.25) is 12.3 Å². The van der Waals surface area contributed by atoms with E-state index in [0.717, 1.165) is 17.4 Å². The normalized spacial score (nSPS) is 12.2. The molecule has 138 valence electrons. The lowest BCUT2D eigenvalue weighted by Crippen LogP contribution is -2.14. The van der Waals surface area contributed by atoms with Gasteiger partial charge in [0.1, 0.15) is 0 Å². The van der Waals surface area contributed by atoms with Crippen molar-refractivity contribution in [2.24, 2.45) is 0 Å². The topological polar surface area (TPSA) is 102 Å². The molecule has 0 spiro atoms. The van der Waals surface area contributed by atoms with Gasteiger partial charge >= 0.3 is 0 Å². The van der Waals surface area contributed by atoms with E-state index in [2.05, 4.69) is 10.6 Å². The lowest BCUT2D eigenvalue weighted by Gasteiger charge is -2.18. The molecule has 0 aromatic heterocycles. The van der Waals surface area contributed by atoms with Crippen molar-refractivity contribution in [3.05, 3.63) is 59.7 Å². The number of anilines is 2. The van der Waals surface area contributed by atoms with Crippen LogP contribution in [0.15, 0.2) is 48.5 Å². The number of carbonyl (C=O) groups is 2. The van der Waals surface area contributed by atoms with Gasteiger partial charge in [-0.05, 0) is 35.4 Å². The highest BCUT2D eigenvalue weighted by atomic mass is 32.2. The maximum absolute atomic E-state index is 11.4. The minimum Gasteiger partial charge on any atom is -0.329 e. The monoisotopic (exact) mass is 376 g/mol. The lowest BCUT2D eigenvalue weighted by atomic mass is 9.92. The highest BCUT2D eigenvalue weighted by Crippen LogP contribution is 2.28. The van der Waals surface area contributed by atoms with Gasteiger partial charge in [0.15, 0.2) is 0 Å². The Labute approximate surface area is 152 Å². The standard InChI is InChI=1S/C18H20N2O5S/c1-13(22)20-17-9-5-15(6-10-17)18(11-25-26(2,23)24)14-3-7-16(8-4-14)19-12-21/h3-10,12,18H,11H2,1-2H3,(H,19,21)(H,20,22). The molecule has 7 nitrogen and oxygen atoms in total. The summed E-state index contributed by atoms with van der Waals surface area (Å²) < 4.78 is 27.8. The second-order valence-corrected chi connectivity index (χ2v) is 7.37. The third-order valence-electron chi connectivity index (χ3n) is 3.62. The first-order valence-electron chi connectivity index (χ1n) is 7.80. The summed E-state index contributed by atoms with van der Waals surface area (Å²) in [5, 5.41) is 5.23. The van der Waals surface area contributed by atoms with E-state index in [1.807, 2.05) is 0 Å². The van der Waals surface area contributed by atoms with Crippen molar-refractivity contribution in [2.45, 2.75) is 12.8 Å². The fourth-order valence-electron chi connectivity index (χ4n) is 2.46. The predicted molar refractivity (Wildman–Crippen MR) is 99.5 cm³/mol. The van der Waals surface area contributed by atoms with Gasteiger partial charge in [-0.1, -0.05) is 24.3 Å². The Hall–Kier alpha value is -2.71. The molecule has 0 bridgehead atoms. The first kappa shape index (κ1) is 19.6. The van der Waals surface area contributed by atoms with Crippen molar-refractivity contribution in [2.75, 3.05) is 23.5 Å². The van der Waals surface area contributed by atoms with Crippen LogP contribution in [0, 0.1) is 0 Å². The summed E-state index contributed by atoms with van der Waals surface area (Å²) in [7, 11) is -3.59. The summed E-state index contributed by atoms with van der Waals surface area (Å²) >= 11 is 0. The molecule has 1 atom stereocenters. The number of nitrogens with one attached hydrogen (secondary N) is 2. The van der Waals surface area contributed by atoms with Crippen LogP contribution < -0.4 is 10.6 Å². The quantitative estimate of drug-likeness (QED) is 0.544. The molecule has 2 N–H and O–H groups in total. The van der Waals surface area contributed by atoms with Crippen molar-refractivity contribution < 1.29 is 22.2 Å². The van der Waals surface area contributed by atoms with E-state index in [9.17, 15) is 18.0 Å². The van der Waals surface area contributed by atoms with Gasteiger partial charge in [-0.3, -0.25) is 13.8 Å². The molecule has 2 aromatic rings. The smallest absolute Gasteiger partial charge is 0.264 e. The number of carbonyl (C=O) groups excluding carboxylic acids is 2. The minimum atomic E-state index is -3.59. The van der Waals surface area contributed by atoms with E-state index in [1.54, 1.807) is 48.5 Å². The van der Waals surface area contributed by atoms with Crippen LogP contribution in [0.3, 0.4) is 0 Å². The lowest BCUT2D eigenvalue weighted by molar-refractivity contribution is -0.114. The third-order valence-corrected chi connectivity index (χ3v) is 4.19. The number of amides is 2. The molecule has 0 radical (unpaired) electrons. The maximum atomic E-state index is 11.4. The van der Waals surface area contributed by atoms with Gasteiger partial charge in [0, 0.05) is 24.2 Å². The Morgan fingerprint density at radius 2 is 1.54 bits per heavy atom. The van der Waals surface area contributed by atoms with Crippen LogP contribution in [0.2, 0.25) is 0 Å². The summed E-state index contributed by atoms with van der Waals surface area (Å²) in [6.45, 7) is 1.37. The van der Waals surface area contributed by atoms with Gasteiger partial charge in [-0.2, -0.15) is 8.42 Å². The van der Waals surface area contributed by atoms with Crippen LogP contribution in [-0.4, -0.2) is 33.6 Å². The van der Waals surface area contributed by atoms with E-state index in [4.69, 9.17) is 4.18 Å². The molecule has 0 fully saturated rings. The average molecular weight is 376 g/mol. The Morgan fingerprint density at radius 1 is 1.04 bits per heavy atom. The molecule has 1 unspecified atom stereocenters. The molecule has 0 saturated carbocycles. The molecular formula is C18H20N2O5S. The number of benzene rings is 2. The van der Waals surface area contributed by atoms with Crippen LogP contribution in [0.1, 0.15) is 24.0 Å². The Kier molecular flexibility index (Phi) is 6.48. The van der Waals surface area contributed by atoms with Gasteiger partial charge < -0.3 is 10.6 Å². The number of rotatable bonds is 8. The Morgan fingerprint density at radius 3 is 1.96 bits per heavy atom. The fraction of sp³-hybridized carbons (Fsp3) is 0.222. The van der Waals surface area contributed by atoms with Crippen LogP contribution in [0.5, 0.6) is 0 Å². The van der Waals surface area contributed by atoms with Gasteiger partial charge in [0.05, 0.1) is 12.9 Å². The largest absolute Gasteiger partial charge is 0.329 e. The van der Waals surface area contributed by atoms with Crippen molar-refractivity contribution in [3.63, 3.8) is 0 Å². The number of hydrogen-bond acceptors (Lipinski definition) is 5. The molecule has 0 aliphatic heterocycles. The van der Waals surface area contributed by atoms with Crippen LogP contribution in [-0.2, 0) is 23.9 Å². The second kappa shape index (κ2) is 8.59. The minimum absolute atomic E-state index is 0.0568. The van der Waals surface area contributed by atoms with Crippen molar-refractivity contribution in [1.82, 2.24) is 0 Å². The summed E-state index contributed by atoms with van der Waals surface area (Å²) in [6.07, 6.45) is 1.58. The average Bonchev–Trinajstić information content (AvgIpc) is 2.56. The van der Waals surface area contributed by atoms with Crippen LogP contribution in [0.25, 0.3) is 0 Å². The first-order chi connectivity index (χ1) is 12.3. The molecule has 2 rings (SSSR count). The summed E-state index contributed by atoms with van der Waals surface area (Å²) in [6, 6.07) is 14.1. The first-order valence-corrected chi connectivity index (χ1v) is 9.62. The highest BCUT2D eigenvalue weighted by molar-refractivity contribution is 7.85. The van der Waals surface area contributed by atoms with E-state index >= 15 is 0 Å². The zero-order valence-corrected chi connectivity index (χ0v) is 15.2. The van der Waals surface area contributed by atoms with Gasteiger partial charge in [-0.15, -0.1) is 0 Å². The van der Waals surface area contributed by atoms with Gasteiger partial charge in [-0.25, -0.2) is 0 Å². The molecule has 26 heavy (non-hydrogen) atoms. The SMILES string of the molecule is CC(=O)Nc1ccc(C(COS(C)(=O)=O)c2ccc(NC=O)cc2)cc1. The predicted octanol–water partition coefficient (Wildman–Crippen LogP) is 2.32. The molecule has 8 heteroatoms. The molecule has 0 heterocycles. The second-order valence-electron chi connectivity index (χ2n) is 5.73. The Balaban J connectivity index is 2.30. The van der Waals surface area contributed by atoms with E-state index in [0.29, 0.717) is 17.8 Å². The van der Waals surface area contributed by atoms with Crippen molar-refractivity contribution in [3.8, 4) is 0 Å².